The summed E-state index contributed by atoms with van der Waals surface area (Å²) in [4.78, 5) is 88.9. The predicted octanol–water partition coefficient (Wildman–Crippen LogP) is 6.73. The molecule has 6 aromatic rings. The first-order valence-electron chi connectivity index (χ1n) is 21.8. The van der Waals surface area contributed by atoms with E-state index in [0.717, 1.165) is 44.3 Å². The van der Waals surface area contributed by atoms with Gasteiger partial charge in [-0.2, -0.15) is 0 Å². The van der Waals surface area contributed by atoms with Gasteiger partial charge in [-0.3, -0.25) is 29.0 Å². The minimum atomic E-state index is -1.01. The zero-order chi connectivity index (χ0) is 44.9. The molecule has 2 N–H and O–H groups in total. The number of fused-ring (bicyclic) bond motifs is 3. The van der Waals surface area contributed by atoms with Crippen LogP contribution in [0.4, 0.5) is 4.79 Å². The molecule has 8 rings (SSSR count). The lowest BCUT2D eigenvalue weighted by Gasteiger charge is -2.28. The van der Waals surface area contributed by atoms with Crippen molar-refractivity contribution in [3.8, 4) is 0 Å². The van der Waals surface area contributed by atoms with E-state index in [1.165, 1.54) is 14.0 Å². The molecule has 4 atom stereocenters. The zero-order valence-corrected chi connectivity index (χ0v) is 36.3. The first kappa shape index (κ1) is 43.5. The Kier molecular flexibility index (Phi) is 13.0. The van der Waals surface area contributed by atoms with Gasteiger partial charge in [0.05, 0.1) is 31.4 Å². The van der Waals surface area contributed by atoms with E-state index in [1.54, 1.807) is 46.2 Å². The Morgan fingerprint density at radius 1 is 0.656 bits per heavy atom. The molecule has 0 bridgehead atoms. The third-order valence-electron chi connectivity index (χ3n) is 12.4. The number of hydrogen-bond acceptors (Lipinski definition) is 8. The standard InChI is InChI=1S/C51H52N6O7/c1-32-13-10-18-38(52-32)31-57-43-27-34(29-45(59)41-19-11-25-55(41)49(61)47(53-33(2)58)36-14-6-4-7-15-36)21-23-39(43)40-24-22-35(28-44(40)57)30-46(60)42-20-12-26-56(42)50(62)48(54-51(63)64-3)37-16-8-5-9-17-37/h4-10,13-18,21-24,27-28,41-42,47-48H,11-12,19-20,25-26,29-31H2,1-3H3,(H,53,58)(H,54,63)/t41-,42-,47+,48+/m0/s1. The number of likely N-dealkylation sites (tertiary alicyclic amines) is 2. The summed E-state index contributed by atoms with van der Waals surface area (Å²) in [7, 11) is 1.24. The lowest BCUT2D eigenvalue weighted by atomic mass is 9.98. The fraction of sp³-hybridized carbons (Fsp3) is 0.314. The van der Waals surface area contributed by atoms with Gasteiger partial charge >= 0.3 is 6.09 Å². The van der Waals surface area contributed by atoms with Gasteiger partial charge in [0.25, 0.3) is 5.91 Å². The van der Waals surface area contributed by atoms with Crippen LogP contribution in [0.2, 0.25) is 0 Å². The second kappa shape index (κ2) is 19.1. The van der Waals surface area contributed by atoms with Crippen molar-refractivity contribution in [1.29, 1.82) is 0 Å². The quantitative estimate of drug-likeness (QED) is 0.122. The van der Waals surface area contributed by atoms with Crippen molar-refractivity contribution in [3.63, 3.8) is 0 Å². The summed E-state index contributed by atoms with van der Waals surface area (Å²) in [5.41, 5.74) is 6.38. The zero-order valence-electron chi connectivity index (χ0n) is 36.3. The van der Waals surface area contributed by atoms with Crippen LogP contribution in [0.3, 0.4) is 0 Å². The molecular formula is C51H52N6O7. The lowest BCUT2D eigenvalue weighted by Crippen LogP contribution is -2.47. The first-order valence-corrected chi connectivity index (χ1v) is 21.8. The summed E-state index contributed by atoms with van der Waals surface area (Å²) in [6.45, 7) is 4.58. The summed E-state index contributed by atoms with van der Waals surface area (Å²) in [5.74, 6) is -1.16. The van der Waals surface area contributed by atoms with Gasteiger partial charge in [0.15, 0.2) is 11.6 Å². The summed E-state index contributed by atoms with van der Waals surface area (Å²) in [5, 5.41) is 7.42. The molecule has 64 heavy (non-hydrogen) atoms. The van der Waals surface area contributed by atoms with E-state index in [0.29, 0.717) is 56.4 Å². The van der Waals surface area contributed by atoms with E-state index >= 15 is 0 Å². The van der Waals surface area contributed by atoms with Gasteiger partial charge in [0.2, 0.25) is 11.8 Å². The van der Waals surface area contributed by atoms with E-state index in [9.17, 15) is 28.8 Å². The number of pyridine rings is 1. The number of hydrogen-bond donors (Lipinski definition) is 2. The predicted molar refractivity (Wildman–Crippen MR) is 242 cm³/mol. The van der Waals surface area contributed by atoms with Gasteiger partial charge in [-0.15, -0.1) is 0 Å². The van der Waals surface area contributed by atoms with Crippen molar-refractivity contribution in [3.05, 3.63) is 149 Å². The number of nitrogens with zero attached hydrogens (tertiary/aromatic N) is 4. The van der Waals surface area contributed by atoms with Crippen LogP contribution in [0.15, 0.2) is 115 Å². The van der Waals surface area contributed by atoms with E-state index in [-0.39, 0.29) is 42.1 Å². The van der Waals surface area contributed by atoms with Crippen molar-refractivity contribution < 1.29 is 33.5 Å². The SMILES string of the molecule is COC(=O)N[C@@H](C(=O)N1CCC[C@H]1C(=O)Cc1ccc2c3ccc(CC(=O)[C@@H]4CCCN4C(=O)[C@H](NC(C)=O)c4ccccc4)cc3n(Cc3cccc(C)n3)c2c1)c1ccccc1. The van der Waals surface area contributed by atoms with Crippen LogP contribution in [0, 0.1) is 6.92 Å². The van der Waals surface area contributed by atoms with Crippen molar-refractivity contribution in [2.75, 3.05) is 20.2 Å². The molecule has 2 aliphatic rings. The number of carbonyl (C=O) groups is 6. The number of carbonyl (C=O) groups excluding carboxylic acids is 6. The molecule has 2 saturated heterocycles. The highest BCUT2D eigenvalue weighted by Crippen LogP contribution is 2.33. The molecule has 328 valence electrons. The second-order valence-electron chi connectivity index (χ2n) is 16.7. The monoisotopic (exact) mass is 860 g/mol. The Balaban J connectivity index is 1.07. The minimum absolute atomic E-state index is 0.0701. The molecule has 2 aliphatic heterocycles. The number of amides is 4. The maximum Gasteiger partial charge on any atom is 0.407 e. The Bertz CT molecular complexity index is 2730. The highest BCUT2D eigenvalue weighted by atomic mass is 16.5. The van der Waals surface area contributed by atoms with Crippen LogP contribution in [0.25, 0.3) is 21.8 Å². The number of aryl methyl sites for hydroxylation is 1. The number of aromatic nitrogens is 2. The van der Waals surface area contributed by atoms with Crippen LogP contribution in [-0.2, 0) is 48.1 Å². The minimum Gasteiger partial charge on any atom is -0.453 e. The molecule has 0 radical (unpaired) electrons. The molecule has 4 heterocycles. The van der Waals surface area contributed by atoms with Crippen molar-refractivity contribution >= 4 is 57.2 Å². The smallest absolute Gasteiger partial charge is 0.407 e. The highest BCUT2D eigenvalue weighted by Gasteiger charge is 2.39. The average Bonchev–Trinajstić information content (AvgIpc) is 4.07. The average molecular weight is 861 g/mol. The molecule has 13 heteroatoms. The molecule has 0 aliphatic carbocycles. The third-order valence-corrected chi connectivity index (χ3v) is 12.4. The molecule has 2 fully saturated rings. The Hall–Kier alpha value is -7.15. The molecule has 4 aromatic carbocycles. The molecule has 0 unspecified atom stereocenters. The van der Waals surface area contributed by atoms with E-state index in [4.69, 9.17) is 9.72 Å². The largest absolute Gasteiger partial charge is 0.453 e. The number of ketones is 2. The fourth-order valence-corrected chi connectivity index (χ4v) is 9.37. The maximum absolute atomic E-state index is 14.2. The molecule has 2 aromatic heterocycles. The van der Waals surface area contributed by atoms with E-state index in [2.05, 4.69) is 15.2 Å². The first-order chi connectivity index (χ1) is 31.0. The molecule has 0 saturated carbocycles. The van der Waals surface area contributed by atoms with Crippen molar-refractivity contribution in [2.24, 2.45) is 0 Å². The number of rotatable bonds is 14. The summed E-state index contributed by atoms with van der Waals surface area (Å²) < 4.78 is 7.00. The van der Waals surface area contributed by atoms with Crippen LogP contribution >= 0.6 is 0 Å². The Morgan fingerprint density at radius 2 is 1.16 bits per heavy atom. The number of alkyl carbamates (subject to hydrolysis) is 1. The van der Waals surface area contributed by atoms with E-state index < -0.39 is 30.3 Å². The number of nitrogens with one attached hydrogen (secondary N) is 2. The number of Topliss-reactive ketones (excluding diaryl/α,β-unsaturated/α-hetero) is 2. The lowest BCUT2D eigenvalue weighted by molar-refractivity contribution is -0.140. The van der Waals surface area contributed by atoms with Crippen LogP contribution in [-0.4, -0.2) is 87.0 Å². The molecular weight excluding hydrogens is 809 g/mol. The highest BCUT2D eigenvalue weighted by molar-refractivity contribution is 6.09. The fourth-order valence-electron chi connectivity index (χ4n) is 9.37. The van der Waals surface area contributed by atoms with Crippen LogP contribution in [0.5, 0.6) is 0 Å². The van der Waals surface area contributed by atoms with Gasteiger partial charge in [0, 0.05) is 60.4 Å². The summed E-state index contributed by atoms with van der Waals surface area (Å²) in [6.07, 6.45) is 1.87. The van der Waals surface area contributed by atoms with Crippen LogP contribution < -0.4 is 10.6 Å². The number of methoxy groups -OCH3 is 1. The van der Waals surface area contributed by atoms with Crippen molar-refractivity contribution in [2.45, 2.75) is 83.1 Å². The van der Waals surface area contributed by atoms with E-state index in [1.807, 2.05) is 85.8 Å². The van der Waals surface area contributed by atoms with Gasteiger partial charge < -0.3 is 29.7 Å². The molecule has 13 nitrogen and oxygen atoms in total. The summed E-state index contributed by atoms with van der Waals surface area (Å²) >= 11 is 0. The molecule has 0 spiro atoms. The number of benzene rings is 4. The Labute approximate surface area is 371 Å². The third kappa shape index (κ3) is 9.29. The van der Waals surface area contributed by atoms with Gasteiger partial charge in [-0.05, 0) is 79.1 Å². The van der Waals surface area contributed by atoms with Gasteiger partial charge in [0.1, 0.15) is 12.1 Å². The topological polar surface area (TPSA) is 160 Å². The van der Waals surface area contributed by atoms with Crippen LogP contribution in [0.1, 0.15) is 78.3 Å². The molecule has 4 amide bonds. The second-order valence-corrected chi connectivity index (χ2v) is 16.7. The summed E-state index contributed by atoms with van der Waals surface area (Å²) in [6, 6.07) is 32.8. The number of ether oxygens (including phenoxy) is 1. The Morgan fingerprint density at radius 3 is 1.62 bits per heavy atom. The van der Waals surface area contributed by atoms with Gasteiger partial charge in [-0.1, -0.05) is 91.0 Å². The maximum atomic E-state index is 14.2. The van der Waals surface area contributed by atoms with Crippen molar-refractivity contribution in [1.82, 2.24) is 30.0 Å². The normalized spacial score (nSPS) is 17.0. The van der Waals surface area contributed by atoms with Gasteiger partial charge in [-0.25, -0.2) is 4.79 Å².